The van der Waals surface area contributed by atoms with Crippen LogP contribution in [0, 0.1) is 5.92 Å². The molecule has 8 heteroatoms. The van der Waals surface area contributed by atoms with E-state index in [1.54, 1.807) is 25.8 Å². The fourth-order valence-corrected chi connectivity index (χ4v) is 2.65. The fraction of sp³-hybridized carbons (Fsp3) is 0.750. The van der Waals surface area contributed by atoms with Gasteiger partial charge in [0.15, 0.2) is 5.82 Å². The molecule has 3 rings (SSSR count). The summed E-state index contributed by atoms with van der Waals surface area (Å²) in [5.41, 5.74) is -0.884. The van der Waals surface area contributed by atoms with Crippen molar-refractivity contribution in [3.63, 3.8) is 0 Å². The first-order chi connectivity index (χ1) is 9.38. The molecule has 1 aliphatic heterocycles. The van der Waals surface area contributed by atoms with E-state index < -0.39 is 11.6 Å². The number of amides is 2. The molecule has 0 aromatic carbocycles. The van der Waals surface area contributed by atoms with Crippen LogP contribution in [0.15, 0.2) is 0 Å². The lowest BCUT2D eigenvalue weighted by Gasteiger charge is -2.42. The summed E-state index contributed by atoms with van der Waals surface area (Å²) in [5, 5.41) is 14.6. The Labute approximate surface area is 116 Å². The van der Waals surface area contributed by atoms with Gasteiger partial charge >= 0.3 is 0 Å². The number of hydrogen-bond donors (Lipinski definition) is 1. The lowest BCUT2D eigenvalue weighted by molar-refractivity contribution is -0.155. The van der Waals surface area contributed by atoms with E-state index in [2.05, 4.69) is 20.7 Å². The number of aryl methyl sites for hydroxylation is 1. The Balaban J connectivity index is 1.89. The highest BCUT2D eigenvalue weighted by Gasteiger charge is 2.51. The Hall–Kier alpha value is -1.99. The summed E-state index contributed by atoms with van der Waals surface area (Å²) in [5.74, 6) is 0.533. The number of piperazine rings is 1. The van der Waals surface area contributed by atoms with Gasteiger partial charge in [-0.15, -0.1) is 10.2 Å². The number of rotatable bonds is 3. The monoisotopic (exact) mass is 278 g/mol. The number of nitrogens with zero attached hydrogens (tertiary/aromatic N) is 5. The summed E-state index contributed by atoms with van der Waals surface area (Å²) in [6.07, 6.45) is 1.96. The Morgan fingerprint density at radius 1 is 1.35 bits per heavy atom. The summed E-state index contributed by atoms with van der Waals surface area (Å²) >= 11 is 0. The van der Waals surface area contributed by atoms with Crippen molar-refractivity contribution >= 4 is 11.8 Å². The average molecular weight is 278 g/mol. The van der Waals surface area contributed by atoms with Crippen LogP contribution in [0.5, 0.6) is 0 Å². The van der Waals surface area contributed by atoms with Crippen LogP contribution in [0.1, 0.15) is 32.5 Å². The van der Waals surface area contributed by atoms with Crippen LogP contribution in [0.3, 0.4) is 0 Å². The highest BCUT2D eigenvalue weighted by molar-refractivity contribution is 5.99. The van der Waals surface area contributed by atoms with E-state index in [-0.39, 0.29) is 24.3 Å². The molecule has 2 aliphatic rings. The predicted octanol–water partition coefficient (Wildman–Crippen LogP) is -0.774. The Morgan fingerprint density at radius 3 is 2.60 bits per heavy atom. The number of hydrogen-bond acceptors (Lipinski definition) is 5. The minimum absolute atomic E-state index is 0.0824. The van der Waals surface area contributed by atoms with E-state index in [1.807, 2.05) is 0 Å². The summed E-state index contributed by atoms with van der Waals surface area (Å²) in [6.45, 7) is 3.66. The molecule has 8 nitrogen and oxygen atoms in total. The second-order valence-corrected chi connectivity index (χ2v) is 6.02. The molecule has 1 aromatic rings. The van der Waals surface area contributed by atoms with Crippen molar-refractivity contribution < 1.29 is 9.59 Å². The van der Waals surface area contributed by atoms with E-state index in [4.69, 9.17) is 0 Å². The maximum atomic E-state index is 12.6. The molecule has 0 spiro atoms. The quantitative estimate of drug-likeness (QED) is 0.783. The number of tetrazole rings is 1. The minimum Gasteiger partial charge on any atom is -0.340 e. The van der Waals surface area contributed by atoms with Crippen molar-refractivity contribution in [2.24, 2.45) is 13.0 Å². The first-order valence-corrected chi connectivity index (χ1v) is 6.74. The number of aromatic nitrogens is 4. The fourth-order valence-electron chi connectivity index (χ4n) is 2.65. The van der Waals surface area contributed by atoms with Crippen LogP contribution >= 0.6 is 0 Å². The Morgan fingerprint density at radius 2 is 2.05 bits per heavy atom. The van der Waals surface area contributed by atoms with E-state index in [0.29, 0.717) is 5.82 Å². The van der Waals surface area contributed by atoms with Gasteiger partial charge in [0.25, 0.3) is 0 Å². The molecule has 1 aliphatic carbocycles. The molecule has 20 heavy (non-hydrogen) atoms. The molecule has 0 bridgehead atoms. The molecule has 0 radical (unpaired) electrons. The standard InChI is InChI=1S/C12H18N6O2/c1-12(2)11(20)18(6-8-14-16-17(3)15-8)9(7-4-5-7)10(19)13-12/h7,9H,4-6H2,1-3H3,(H,13,19). The first-order valence-electron chi connectivity index (χ1n) is 6.74. The summed E-state index contributed by atoms with van der Waals surface area (Å²) < 4.78 is 0. The van der Waals surface area contributed by atoms with Crippen LogP contribution in [-0.4, -0.2) is 48.5 Å². The topological polar surface area (TPSA) is 93.0 Å². The van der Waals surface area contributed by atoms with Gasteiger partial charge in [-0.25, -0.2) is 0 Å². The zero-order valence-electron chi connectivity index (χ0n) is 11.8. The lowest BCUT2D eigenvalue weighted by Crippen LogP contribution is -2.68. The van der Waals surface area contributed by atoms with Crippen molar-refractivity contribution in [1.82, 2.24) is 30.4 Å². The number of carbonyl (C=O) groups excluding carboxylic acids is 2. The van der Waals surface area contributed by atoms with Crippen LogP contribution in [0.4, 0.5) is 0 Å². The largest absolute Gasteiger partial charge is 0.340 e. The molecule has 1 unspecified atom stereocenters. The first kappa shape index (κ1) is 13.0. The van der Waals surface area contributed by atoms with Crippen molar-refractivity contribution in [3.8, 4) is 0 Å². The number of carbonyl (C=O) groups is 2. The molecule has 1 aromatic heterocycles. The third kappa shape index (κ3) is 2.14. The molecule has 2 amide bonds. The number of nitrogens with one attached hydrogen (secondary N) is 1. The van der Waals surface area contributed by atoms with Gasteiger partial charge in [0, 0.05) is 0 Å². The van der Waals surface area contributed by atoms with Gasteiger partial charge in [-0.2, -0.15) is 4.80 Å². The molecule has 1 N–H and O–H groups in total. The Kier molecular flexibility index (Phi) is 2.77. The van der Waals surface area contributed by atoms with Crippen LogP contribution in [-0.2, 0) is 23.2 Å². The molecule has 1 saturated carbocycles. The van der Waals surface area contributed by atoms with Crippen molar-refractivity contribution in [1.29, 1.82) is 0 Å². The molecule has 1 saturated heterocycles. The summed E-state index contributed by atoms with van der Waals surface area (Å²) in [6, 6.07) is -0.403. The third-order valence-corrected chi connectivity index (χ3v) is 3.77. The van der Waals surface area contributed by atoms with Crippen molar-refractivity contribution in [2.45, 2.75) is 44.8 Å². The second-order valence-electron chi connectivity index (χ2n) is 6.02. The smallest absolute Gasteiger partial charge is 0.248 e. The van der Waals surface area contributed by atoms with E-state index >= 15 is 0 Å². The van der Waals surface area contributed by atoms with Crippen molar-refractivity contribution in [2.75, 3.05) is 0 Å². The van der Waals surface area contributed by atoms with Gasteiger partial charge in [0.1, 0.15) is 11.6 Å². The molecular formula is C12H18N6O2. The third-order valence-electron chi connectivity index (χ3n) is 3.77. The molecular weight excluding hydrogens is 260 g/mol. The molecule has 1 atom stereocenters. The van der Waals surface area contributed by atoms with Gasteiger partial charge in [-0.05, 0) is 37.8 Å². The maximum absolute atomic E-state index is 12.6. The van der Waals surface area contributed by atoms with Gasteiger partial charge in [-0.3, -0.25) is 9.59 Å². The van der Waals surface area contributed by atoms with Gasteiger partial charge < -0.3 is 10.2 Å². The van der Waals surface area contributed by atoms with E-state index in [0.717, 1.165) is 12.8 Å². The lowest BCUT2D eigenvalue weighted by atomic mass is 9.95. The van der Waals surface area contributed by atoms with E-state index in [9.17, 15) is 9.59 Å². The van der Waals surface area contributed by atoms with Gasteiger partial charge in [0.05, 0.1) is 13.6 Å². The predicted molar refractivity (Wildman–Crippen MR) is 68.1 cm³/mol. The molecule has 108 valence electrons. The average Bonchev–Trinajstić information content (AvgIpc) is 3.09. The second kappa shape index (κ2) is 4.26. The van der Waals surface area contributed by atoms with E-state index in [1.165, 1.54) is 4.80 Å². The zero-order chi connectivity index (χ0) is 14.5. The molecule has 2 fully saturated rings. The highest BCUT2D eigenvalue weighted by Crippen LogP contribution is 2.38. The SMILES string of the molecule is Cn1nnc(CN2C(=O)C(C)(C)NC(=O)C2C2CC2)n1. The van der Waals surface area contributed by atoms with Gasteiger partial charge in [0.2, 0.25) is 11.8 Å². The van der Waals surface area contributed by atoms with Crippen LogP contribution in [0.2, 0.25) is 0 Å². The van der Waals surface area contributed by atoms with Crippen molar-refractivity contribution in [3.05, 3.63) is 5.82 Å². The van der Waals surface area contributed by atoms with Gasteiger partial charge in [-0.1, -0.05) is 0 Å². The maximum Gasteiger partial charge on any atom is 0.248 e. The highest BCUT2D eigenvalue weighted by atomic mass is 16.2. The van der Waals surface area contributed by atoms with Crippen LogP contribution in [0.25, 0.3) is 0 Å². The summed E-state index contributed by atoms with van der Waals surface area (Å²) in [4.78, 5) is 27.8. The molecule has 2 heterocycles. The van der Waals surface area contributed by atoms with Crippen LogP contribution < -0.4 is 5.32 Å². The normalized spacial score (nSPS) is 25.8. The minimum atomic E-state index is -0.884. The Bertz CT molecular complexity index is 562. The summed E-state index contributed by atoms with van der Waals surface area (Å²) in [7, 11) is 1.67. The zero-order valence-corrected chi connectivity index (χ0v) is 11.8.